The Morgan fingerprint density at radius 3 is 2.33 bits per heavy atom. The molecule has 0 radical (unpaired) electrons. The SMILES string of the molecule is Cc1ccc(NC(=O)C2(S(=O)(=O)c3ccc(Cl)cc3)CC2)cc1F. The van der Waals surface area contributed by atoms with Crippen molar-refractivity contribution in [3.05, 3.63) is 58.9 Å². The second-order valence-corrected chi connectivity index (χ2v) is 8.57. The molecule has 0 aliphatic heterocycles. The smallest absolute Gasteiger partial charge is 0.246 e. The minimum Gasteiger partial charge on any atom is -0.325 e. The van der Waals surface area contributed by atoms with Crippen molar-refractivity contribution in [3.63, 3.8) is 0 Å². The van der Waals surface area contributed by atoms with Gasteiger partial charge in [-0.25, -0.2) is 12.8 Å². The second-order valence-electron chi connectivity index (χ2n) is 5.87. The number of sulfone groups is 1. The van der Waals surface area contributed by atoms with Crippen LogP contribution in [0.2, 0.25) is 5.02 Å². The second kappa shape index (κ2) is 5.86. The van der Waals surface area contributed by atoms with Crippen molar-refractivity contribution in [2.24, 2.45) is 0 Å². The normalized spacial score (nSPS) is 15.8. The number of amides is 1. The summed E-state index contributed by atoms with van der Waals surface area (Å²) >= 11 is 5.78. The third kappa shape index (κ3) is 2.80. The average Bonchev–Trinajstić information content (AvgIpc) is 3.34. The van der Waals surface area contributed by atoms with Crippen LogP contribution >= 0.6 is 11.6 Å². The average molecular weight is 368 g/mol. The lowest BCUT2D eigenvalue weighted by molar-refractivity contribution is -0.116. The van der Waals surface area contributed by atoms with Gasteiger partial charge in [0.25, 0.3) is 0 Å². The maximum Gasteiger partial charge on any atom is 0.246 e. The van der Waals surface area contributed by atoms with Crippen molar-refractivity contribution in [1.29, 1.82) is 0 Å². The molecule has 0 spiro atoms. The number of rotatable bonds is 4. The third-order valence-electron chi connectivity index (χ3n) is 4.19. The molecule has 1 saturated carbocycles. The van der Waals surface area contributed by atoms with Crippen LogP contribution in [0.25, 0.3) is 0 Å². The molecule has 24 heavy (non-hydrogen) atoms. The monoisotopic (exact) mass is 367 g/mol. The molecule has 0 aromatic heterocycles. The van der Waals surface area contributed by atoms with E-state index in [4.69, 9.17) is 11.6 Å². The zero-order chi connectivity index (χ0) is 17.5. The standard InChI is InChI=1S/C17H15ClFNO3S/c1-11-2-5-13(10-15(11)19)20-16(21)17(8-9-17)24(22,23)14-6-3-12(18)4-7-14/h2-7,10H,8-9H2,1H3,(H,20,21). The maximum absolute atomic E-state index is 13.6. The summed E-state index contributed by atoms with van der Waals surface area (Å²) in [6, 6.07) is 9.96. The summed E-state index contributed by atoms with van der Waals surface area (Å²) in [5.74, 6) is -1.10. The number of nitrogens with one attached hydrogen (secondary N) is 1. The molecule has 1 N–H and O–H groups in total. The highest BCUT2D eigenvalue weighted by Crippen LogP contribution is 2.47. The van der Waals surface area contributed by atoms with Crippen LogP contribution in [-0.4, -0.2) is 19.1 Å². The largest absolute Gasteiger partial charge is 0.325 e. The molecular weight excluding hydrogens is 353 g/mol. The van der Waals surface area contributed by atoms with E-state index in [1.54, 1.807) is 13.0 Å². The van der Waals surface area contributed by atoms with Crippen molar-refractivity contribution in [2.75, 3.05) is 5.32 Å². The van der Waals surface area contributed by atoms with Gasteiger partial charge in [0.15, 0.2) is 14.6 Å². The molecule has 126 valence electrons. The van der Waals surface area contributed by atoms with Gasteiger partial charge in [0.05, 0.1) is 4.90 Å². The first-order valence-corrected chi connectivity index (χ1v) is 9.20. The van der Waals surface area contributed by atoms with E-state index in [1.807, 2.05) is 0 Å². The number of hydrogen-bond donors (Lipinski definition) is 1. The number of benzene rings is 2. The third-order valence-corrected chi connectivity index (χ3v) is 6.95. The van der Waals surface area contributed by atoms with Crippen LogP contribution in [-0.2, 0) is 14.6 Å². The minimum absolute atomic E-state index is 0.0506. The van der Waals surface area contributed by atoms with E-state index >= 15 is 0 Å². The summed E-state index contributed by atoms with van der Waals surface area (Å²) in [4.78, 5) is 12.6. The fourth-order valence-electron chi connectivity index (χ4n) is 2.49. The molecule has 0 atom stereocenters. The van der Waals surface area contributed by atoms with Crippen LogP contribution < -0.4 is 5.32 Å². The number of anilines is 1. The Morgan fingerprint density at radius 2 is 1.79 bits per heavy atom. The fourth-order valence-corrected chi connectivity index (χ4v) is 4.49. The summed E-state index contributed by atoms with van der Waals surface area (Å²) in [6.07, 6.45) is 0.469. The molecule has 1 fully saturated rings. The number of aryl methyl sites for hydroxylation is 1. The highest BCUT2D eigenvalue weighted by atomic mass is 35.5. The van der Waals surface area contributed by atoms with E-state index in [0.717, 1.165) is 0 Å². The van der Waals surface area contributed by atoms with Gasteiger partial charge in [-0.2, -0.15) is 0 Å². The van der Waals surface area contributed by atoms with E-state index in [1.165, 1.54) is 36.4 Å². The van der Waals surface area contributed by atoms with Crippen molar-refractivity contribution in [2.45, 2.75) is 29.4 Å². The first-order valence-electron chi connectivity index (χ1n) is 7.34. The molecule has 2 aromatic rings. The number of hydrogen-bond acceptors (Lipinski definition) is 3. The predicted molar refractivity (Wildman–Crippen MR) is 90.4 cm³/mol. The number of halogens is 2. The summed E-state index contributed by atoms with van der Waals surface area (Å²) < 4.78 is 37.7. The van der Waals surface area contributed by atoms with Gasteiger partial charge in [0.1, 0.15) is 5.82 Å². The van der Waals surface area contributed by atoms with Gasteiger partial charge in [-0.3, -0.25) is 4.79 Å². The lowest BCUT2D eigenvalue weighted by Crippen LogP contribution is -2.37. The van der Waals surface area contributed by atoms with Crippen LogP contribution in [0.4, 0.5) is 10.1 Å². The molecule has 2 aromatic carbocycles. The molecule has 1 aliphatic rings. The molecule has 1 aliphatic carbocycles. The highest BCUT2D eigenvalue weighted by Gasteiger charge is 2.61. The summed E-state index contributed by atoms with van der Waals surface area (Å²) in [5.41, 5.74) is 0.684. The lowest BCUT2D eigenvalue weighted by Gasteiger charge is -2.16. The predicted octanol–water partition coefficient (Wildman–Crippen LogP) is 3.73. The summed E-state index contributed by atoms with van der Waals surface area (Å²) in [6.45, 7) is 1.61. The van der Waals surface area contributed by atoms with Crippen LogP contribution in [0, 0.1) is 12.7 Å². The molecule has 3 rings (SSSR count). The Kier molecular flexibility index (Phi) is 4.13. The van der Waals surface area contributed by atoms with Gasteiger partial charge in [-0.15, -0.1) is 0 Å². The molecule has 0 bridgehead atoms. The molecule has 7 heteroatoms. The Balaban J connectivity index is 1.88. The zero-order valence-corrected chi connectivity index (χ0v) is 14.4. The Labute approximate surface area is 144 Å². The minimum atomic E-state index is -3.85. The molecule has 4 nitrogen and oxygen atoms in total. The van der Waals surface area contributed by atoms with E-state index in [2.05, 4.69) is 5.32 Å². The van der Waals surface area contributed by atoms with E-state index in [-0.39, 0.29) is 23.4 Å². The van der Waals surface area contributed by atoms with Gasteiger partial charge in [-0.1, -0.05) is 17.7 Å². The quantitative estimate of drug-likeness (QED) is 0.895. The number of carbonyl (C=O) groups is 1. The maximum atomic E-state index is 13.6. The fraction of sp³-hybridized carbons (Fsp3) is 0.235. The zero-order valence-electron chi connectivity index (χ0n) is 12.8. The molecule has 0 saturated heterocycles. The van der Waals surface area contributed by atoms with Crippen molar-refractivity contribution < 1.29 is 17.6 Å². The van der Waals surface area contributed by atoms with E-state index in [0.29, 0.717) is 10.6 Å². The molecule has 0 heterocycles. The Hall–Kier alpha value is -1.92. The van der Waals surface area contributed by atoms with Crippen molar-refractivity contribution in [3.8, 4) is 0 Å². The molecular formula is C17H15ClFNO3S. The Bertz CT molecular complexity index is 906. The molecule has 0 unspecified atom stereocenters. The van der Waals surface area contributed by atoms with Crippen LogP contribution in [0.3, 0.4) is 0 Å². The topological polar surface area (TPSA) is 63.2 Å². The highest BCUT2D eigenvalue weighted by molar-refractivity contribution is 7.94. The van der Waals surface area contributed by atoms with Crippen LogP contribution in [0.15, 0.2) is 47.4 Å². The lowest BCUT2D eigenvalue weighted by atomic mass is 10.2. The first-order chi connectivity index (χ1) is 11.3. The van der Waals surface area contributed by atoms with Crippen molar-refractivity contribution >= 4 is 33.0 Å². The van der Waals surface area contributed by atoms with Crippen LogP contribution in [0.1, 0.15) is 18.4 Å². The van der Waals surface area contributed by atoms with Crippen LogP contribution in [0.5, 0.6) is 0 Å². The van der Waals surface area contributed by atoms with E-state index in [9.17, 15) is 17.6 Å². The van der Waals surface area contributed by atoms with Gasteiger partial charge < -0.3 is 5.32 Å². The number of carbonyl (C=O) groups excluding carboxylic acids is 1. The van der Waals surface area contributed by atoms with E-state index < -0.39 is 26.3 Å². The summed E-state index contributed by atoms with van der Waals surface area (Å²) in [5, 5.41) is 2.93. The van der Waals surface area contributed by atoms with Crippen molar-refractivity contribution in [1.82, 2.24) is 0 Å². The van der Waals surface area contributed by atoms with Gasteiger partial charge in [-0.05, 0) is 61.7 Å². The first kappa shape index (κ1) is 16.9. The van der Waals surface area contributed by atoms with Gasteiger partial charge in [0.2, 0.25) is 5.91 Å². The Morgan fingerprint density at radius 1 is 1.17 bits per heavy atom. The van der Waals surface area contributed by atoms with Gasteiger partial charge >= 0.3 is 0 Å². The molecule has 1 amide bonds. The van der Waals surface area contributed by atoms with Gasteiger partial charge in [0, 0.05) is 10.7 Å². The summed E-state index contributed by atoms with van der Waals surface area (Å²) in [7, 11) is -3.85.